The normalized spacial score (nSPS) is 12.7. The molecule has 0 aliphatic rings. The van der Waals surface area contributed by atoms with Crippen molar-refractivity contribution in [2.24, 2.45) is 5.84 Å². The standard InChI is InChI=1S/C13H16BrN3S/c1-8-13(18-9(2)16-8)12(17-15)7-10-5-3-4-6-11(10)14/h3-6,12,17H,7,15H2,1-2H3. The average molecular weight is 326 g/mol. The summed E-state index contributed by atoms with van der Waals surface area (Å²) < 4.78 is 1.11. The Kier molecular flexibility index (Phi) is 4.50. The van der Waals surface area contributed by atoms with Gasteiger partial charge in [0.25, 0.3) is 0 Å². The molecule has 3 nitrogen and oxygen atoms in total. The fourth-order valence-electron chi connectivity index (χ4n) is 1.98. The molecule has 0 bridgehead atoms. The second-order valence-electron chi connectivity index (χ2n) is 4.20. The van der Waals surface area contributed by atoms with Crippen molar-refractivity contribution < 1.29 is 0 Å². The Morgan fingerprint density at radius 1 is 1.39 bits per heavy atom. The molecule has 0 spiro atoms. The zero-order chi connectivity index (χ0) is 13.1. The van der Waals surface area contributed by atoms with Gasteiger partial charge in [0.15, 0.2) is 0 Å². The summed E-state index contributed by atoms with van der Waals surface area (Å²) >= 11 is 5.27. The van der Waals surface area contributed by atoms with Crippen LogP contribution >= 0.6 is 27.3 Å². The Bertz CT molecular complexity index is 539. The number of nitrogens with one attached hydrogen (secondary N) is 1. The Labute approximate surface area is 120 Å². The number of nitrogens with two attached hydrogens (primary N) is 1. The molecule has 1 aromatic heterocycles. The van der Waals surface area contributed by atoms with Crippen LogP contribution in [0.3, 0.4) is 0 Å². The van der Waals surface area contributed by atoms with E-state index in [0.29, 0.717) is 0 Å². The Balaban J connectivity index is 2.25. The lowest BCUT2D eigenvalue weighted by Crippen LogP contribution is -2.29. The van der Waals surface area contributed by atoms with E-state index in [-0.39, 0.29) is 6.04 Å². The number of thiazole rings is 1. The molecule has 0 aliphatic carbocycles. The van der Waals surface area contributed by atoms with Crippen LogP contribution in [0.15, 0.2) is 28.7 Å². The molecule has 0 amide bonds. The number of aromatic nitrogens is 1. The summed E-state index contributed by atoms with van der Waals surface area (Å²) in [5, 5.41) is 1.08. The summed E-state index contributed by atoms with van der Waals surface area (Å²) in [6.07, 6.45) is 0.848. The van der Waals surface area contributed by atoms with Gasteiger partial charge in [-0.25, -0.2) is 4.98 Å². The molecular formula is C13H16BrN3S. The van der Waals surface area contributed by atoms with Crippen molar-refractivity contribution in [2.75, 3.05) is 0 Å². The summed E-state index contributed by atoms with van der Waals surface area (Å²) in [7, 11) is 0. The van der Waals surface area contributed by atoms with Gasteiger partial charge in [-0.3, -0.25) is 11.3 Å². The quantitative estimate of drug-likeness (QED) is 0.670. The van der Waals surface area contributed by atoms with Gasteiger partial charge in [0.05, 0.1) is 16.7 Å². The van der Waals surface area contributed by atoms with Crippen LogP contribution in [0.1, 0.15) is 27.2 Å². The molecule has 1 aromatic carbocycles. The number of halogens is 1. The third kappa shape index (κ3) is 2.98. The summed E-state index contributed by atoms with van der Waals surface area (Å²) in [4.78, 5) is 5.67. The predicted molar refractivity (Wildman–Crippen MR) is 79.5 cm³/mol. The van der Waals surface area contributed by atoms with E-state index in [2.05, 4.69) is 32.4 Å². The number of hydrazine groups is 1. The smallest absolute Gasteiger partial charge is 0.0900 e. The van der Waals surface area contributed by atoms with Crippen LogP contribution in [-0.4, -0.2) is 4.98 Å². The van der Waals surface area contributed by atoms with Crippen LogP contribution in [-0.2, 0) is 6.42 Å². The second kappa shape index (κ2) is 5.93. The highest BCUT2D eigenvalue weighted by atomic mass is 79.9. The minimum absolute atomic E-state index is 0.106. The van der Waals surface area contributed by atoms with E-state index < -0.39 is 0 Å². The second-order valence-corrected chi connectivity index (χ2v) is 6.29. The monoisotopic (exact) mass is 325 g/mol. The largest absolute Gasteiger partial charge is 0.271 e. The van der Waals surface area contributed by atoms with Crippen LogP contribution in [0.25, 0.3) is 0 Å². The van der Waals surface area contributed by atoms with Crippen LogP contribution in [0, 0.1) is 13.8 Å². The van der Waals surface area contributed by atoms with Crippen molar-refractivity contribution in [3.8, 4) is 0 Å². The maximum atomic E-state index is 5.69. The maximum absolute atomic E-state index is 5.69. The summed E-state index contributed by atoms with van der Waals surface area (Å²) in [6, 6.07) is 8.32. The van der Waals surface area contributed by atoms with Gasteiger partial charge in [-0.2, -0.15) is 0 Å². The SMILES string of the molecule is Cc1nc(C)c(C(Cc2ccccc2Br)NN)s1. The highest BCUT2D eigenvalue weighted by molar-refractivity contribution is 9.10. The maximum Gasteiger partial charge on any atom is 0.0900 e. The van der Waals surface area contributed by atoms with Gasteiger partial charge in [-0.15, -0.1) is 11.3 Å². The van der Waals surface area contributed by atoms with Crippen molar-refractivity contribution >= 4 is 27.3 Å². The number of hydrogen-bond acceptors (Lipinski definition) is 4. The third-order valence-corrected chi connectivity index (χ3v) is 4.80. The molecule has 0 saturated carbocycles. The van der Waals surface area contributed by atoms with E-state index in [4.69, 9.17) is 5.84 Å². The van der Waals surface area contributed by atoms with E-state index >= 15 is 0 Å². The molecule has 1 unspecified atom stereocenters. The summed E-state index contributed by atoms with van der Waals surface area (Å²) in [5.74, 6) is 5.69. The first-order chi connectivity index (χ1) is 8.61. The van der Waals surface area contributed by atoms with Crippen LogP contribution in [0.5, 0.6) is 0 Å². The molecule has 0 aliphatic heterocycles. The van der Waals surface area contributed by atoms with Gasteiger partial charge in [0, 0.05) is 9.35 Å². The van der Waals surface area contributed by atoms with Crippen LogP contribution < -0.4 is 11.3 Å². The van der Waals surface area contributed by atoms with E-state index in [9.17, 15) is 0 Å². The third-order valence-electron chi connectivity index (χ3n) is 2.84. The number of aryl methyl sites for hydroxylation is 2. The molecule has 0 fully saturated rings. The molecule has 18 heavy (non-hydrogen) atoms. The summed E-state index contributed by atoms with van der Waals surface area (Å²) in [6.45, 7) is 4.05. The lowest BCUT2D eigenvalue weighted by atomic mass is 10.0. The molecule has 1 atom stereocenters. The first-order valence-electron chi connectivity index (χ1n) is 5.75. The number of nitrogens with zero attached hydrogens (tertiary/aromatic N) is 1. The van der Waals surface area contributed by atoms with Crippen molar-refractivity contribution in [3.63, 3.8) is 0 Å². The van der Waals surface area contributed by atoms with Crippen molar-refractivity contribution in [3.05, 3.63) is 49.9 Å². The Morgan fingerprint density at radius 2 is 2.11 bits per heavy atom. The van der Waals surface area contributed by atoms with Gasteiger partial charge in [0.1, 0.15) is 0 Å². The first-order valence-corrected chi connectivity index (χ1v) is 7.36. The molecular weight excluding hydrogens is 310 g/mol. The molecule has 96 valence electrons. The Morgan fingerprint density at radius 3 is 2.67 bits per heavy atom. The zero-order valence-corrected chi connectivity index (χ0v) is 12.8. The Hall–Kier alpha value is -0.750. The number of rotatable bonds is 4. The van der Waals surface area contributed by atoms with Gasteiger partial charge in [0.2, 0.25) is 0 Å². The lowest BCUT2D eigenvalue weighted by molar-refractivity contribution is 0.556. The zero-order valence-electron chi connectivity index (χ0n) is 10.4. The number of benzene rings is 1. The fourth-order valence-corrected chi connectivity index (χ4v) is 3.42. The minimum Gasteiger partial charge on any atom is -0.271 e. The van der Waals surface area contributed by atoms with Crippen molar-refractivity contribution in [1.82, 2.24) is 10.4 Å². The van der Waals surface area contributed by atoms with Gasteiger partial charge in [-0.1, -0.05) is 34.1 Å². The van der Waals surface area contributed by atoms with Crippen molar-refractivity contribution in [2.45, 2.75) is 26.3 Å². The van der Waals surface area contributed by atoms with E-state index in [1.54, 1.807) is 11.3 Å². The van der Waals surface area contributed by atoms with E-state index in [1.807, 2.05) is 32.0 Å². The average Bonchev–Trinajstić information content (AvgIpc) is 2.67. The number of hydrogen-bond donors (Lipinski definition) is 2. The van der Waals surface area contributed by atoms with Crippen molar-refractivity contribution in [1.29, 1.82) is 0 Å². The van der Waals surface area contributed by atoms with E-state index in [0.717, 1.165) is 21.6 Å². The van der Waals surface area contributed by atoms with E-state index in [1.165, 1.54) is 10.4 Å². The van der Waals surface area contributed by atoms with Crippen LogP contribution in [0.2, 0.25) is 0 Å². The topological polar surface area (TPSA) is 50.9 Å². The fraction of sp³-hybridized carbons (Fsp3) is 0.308. The molecule has 0 saturated heterocycles. The van der Waals surface area contributed by atoms with Gasteiger partial charge >= 0.3 is 0 Å². The molecule has 5 heteroatoms. The van der Waals surface area contributed by atoms with Gasteiger partial charge in [-0.05, 0) is 31.9 Å². The predicted octanol–water partition coefficient (Wildman–Crippen LogP) is 3.27. The lowest BCUT2D eigenvalue weighted by Gasteiger charge is -2.15. The molecule has 3 N–H and O–H groups in total. The molecule has 1 heterocycles. The molecule has 2 aromatic rings. The molecule has 2 rings (SSSR count). The highest BCUT2D eigenvalue weighted by Crippen LogP contribution is 2.29. The minimum atomic E-state index is 0.106. The van der Waals surface area contributed by atoms with Crippen LogP contribution in [0.4, 0.5) is 0 Å². The molecule has 0 radical (unpaired) electrons. The first kappa shape index (κ1) is 13.7. The van der Waals surface area contributed by atoms with Gasteiger partial charge < -0.3 is 0 Å². The highest BCUT2D eigenvalue weighted by Gasteiger charge is 2.17. The summed E-state index contributed by atoms with van der Waals surface area (Å²) in [5.41, 5.74) is 5.20.